The third kappa shape index (κ3) is 6.29. The predicted molar refractivity (Wildman–Crippen MR) is 75.7 cm³/mol. The van der Waals surface area contributed by atoms with Crippen LogP contribution in [0, 0.1) is 6.92 Å². The molecule has 0 spiro atoms. The Bertz CT molecular complexity index is 306. The van der Waals surface area contributed by atoms with E-state index >= 15 is 0 Å². The molecule has 1 N–H and O–H groups in total. The van der Waals surface area contributed by atoms with Gasteiger partial charge in [0, 0.05) is 31.9 Å². The van der Waals surface area contributed by atoms with E-state index in [0.717, 1.165) is 26.2 Å². The Kier molecular flexibility index (Phi) is 6.01. The molecule has 96 valence electrons. The van der Waals surface area contributed by atoms with Crippen molar-refractivity contribution in [2.45, 2.75) is 6.92 Å². The number of hydrogen-bond acceptors (Lipinski definition) is 3. The van der Waals surface area contributed by atoms with Crippen molar-refractivity contribution in [1.82, 2.24) is 9.80 Å². The fourth-order valence-corrected chi connectivity index (χ4v) is 1.55. The first-order chi connectivity index (χ1) is 8.08. The largest absolute Gasteiger partial charge is 0.384 e. The number of anilines is 1. The molecule has 0 atom stereocenters. The summed E-state index contributed by atoms with van der Waals surface area (Å²) in [5.74, 6) is 0. The molecule has 1 rings (SSSR count). The van der Waals surface area contributed by atoms with Crippen LogP contribution in [0.1, 0.15) is 5.56 Å². The van der Waals surface area contributed by atoms with Crippen molar-refractivity contribution in [3.63, 3.8) is 0 Å². The normalized spacial score (nSPS) is 11.2. The molecule has 0 aliphatic heterocycles. The minimum Gasteiger partial charge on any atom is -0.384 e. The van der Waals surface area contributed by atoms with Crippen molar-refractivity contribution in [3.05, 3.63) is 29.8 Å². The summed E-state index contributed by atoms with van der Waals surface area (Å²) in [7, 11) is 6.39. The van der Waals surface area contributed by atoms with Crippen LogP contribution in [-0.2, 0) is 0 Å². The molecule has 1 aromatic carbocycles. The Labute approximate surface area is 105 Å². The lowest BCUT2D eigenvalue weighted by atomic mass is 10.2. The molecule has 0 aliphatic rings. The van der Waals surface area contributed by atoms with Crippen molar-refractivity contribution in [3.8, 4) is 0 Å². The smallest absolute Gasteiger partial charge is 0.0340 e. The first-order valence-electron chi connectivity index (χ1n) is 6.22. The van der Waals surface area contributed by atoms with Gasteiger partial charge >= 0.3 is 0 Å². The van der Waals surface area contributed by atoms with Gasteiger partial charge in [0.15, 0.2) is 0 Å². The summed E-state index contributed by atoms with van der Waals surface area (Å²) in [6.07, 6.45) is 0. The van der Waals surface area contributed by atoms with Crippen LogP contribution in [0.25, 0.3) is 0 Å². The van der Waals surface area contributed by atoms with Gasteiger partial charge in [0.1, 0.15) is 0 Å². The molecular weight excluding hydrogens is 210 g/mol. The maximum absolute atomic E-state index is 3.44. The standard InChI is InChI=1S/C14H25N3/c1-13-5-7-14(8-6-13)15-9-10-17(4)12-11-16(2)3/h5-8,15H,9-12H2,1-4H3. The Morgan fingerprint density at radius 2 is 1.59 bits per heavy atom. The van der Waals surface area contributed by atoms with Crippen LogP contribution in [0.15, 0.2) is 24.3 Å². The van der Waals surface area contributed by atoms with Gasteiger partial charge < -0.3 is 15.1 Å². The summed E-state index contributed by atoms with van der Waals surface area (Å²) >= 11 is 0. The van der Waals surface area contributed by atoms with Crippen LogP contribution < -0.4 is 5.32 Å². The van der Waals surface area contributed by atoms with E-state index < -0.39 is 0 Å². The molecule has 17 heavy (non-hydrogen) atoms. The molecule has 0 unspecified atom stereocenters. The lowest BCUT2D eigenvalue weighted by Crippen LogP contribution is -2.32. The van der Waals surface area contributed by atoms with Crippen molar-refractivity contribution in [2.24, 2.45) is 0 Å². The van der Waals surface area contributed by atoms with Gasteiger partial charge in [-0.25, -0.2) is 0 Å². The second kappa shape index (κ2) is 7.30. The summed E-state index contributed by atoms with van der Waals surface area (Å²) in [6.45, 7) is 6.40. The number of hydrogen-bond donors (Lipinski definition) is 1. The van der Waals surface area contributed by atoms with E-state index in [-0.39, 0.29) is 0 Å². The molecule has 0 bridgehead atoms. The number of likely N-dealkylation sites (N-methyl/N-ethyl adjacent to an activating group) is 2. The van der Waals surface area contributed by atoms with Gasteiger partial charge in [-0.1, -0.05) is 17.7 Å². The summed E-state index contributed by atoms with van der Waals surface area (Å²) < 4.78 is 0. The maximum atomic E-state index is 3.44. The second-order valence-corrected chi connectivity index (χ2v) is 4.90. The van der Waals surface area contributed by atoms with E-state index in [9.17, 15) is 0 Å². The van der Waals surface area contributed by atoms with Gasteiger partial charge in [-0.15, -0.1) is 0 Å². The highest BCUT2D eigenvalue weighted by Crippen LogP contribution is 2.07. The fourth-order valence-electron chi connectivity index (χ4n) is 1.55. The predicted octanol–water partition coefficient (Wildman–Crippen LogP) is 1.90. The lowest BCUT2D eigenvalue weighted by molar-refractivity contribution is 0.289. The van der Waals surface area contributed by atoms with Gasteiger partial charge in [-0.05, 0) is 40.2 Å². The third-order valence-corrected chi connectivity index (χ3v) is 2.80. The van der Waals surface area contributed by atoms with Crippen molar-refractivity contribution >= 4 is 5.69 Å². The molecule has 0 saturated heterocycles. The van der Waals surface area contributed by atoms with Crippen molar-refractivity contribution < 1.29 is 0 Å². The number of nitrogens with zero attached hydrogens (tertiary/aromatic N) is 2. The quantitative estimate of drug-likeness (QED) is 0.779. The van der Waals surface area contributed by atoms with Crippen LogP contribution in [0.4, 0.5) is 5.69 Å². The molecule has 0 heterocycles. The number of benzene rings is 1. The Balaban J connectivity index is 2.16. The first-order valence-corrected chi connectivity index (χ1v) is 6.22. The van der Waals surface area contributed by atoms with Crippen LogP contribution in [0.2, 0.25) is 0 Å². The van der Waals surface area contributed by atoms with Crippen molar-refractivity contribution in [2.75, 3.05) is 52.6 Å². The van der Waals surface area contributed by atoms with Gasteiger partial charge in [0.2, 0.25) is 0 Å². The zero-order valence-electron chi connectivity index (χ0n) is 11.5. The molecule has 0 saturated carbocycles. The lowest BCUT2D eigenvalue weighted by Gasteiger charge is -2.19. The minimum atomic E-state index is 0.993. The Morgan fingerprint density at radius 1 is 0.941 bits per heavy atom. The number of rotatable bonds is 7. The van der Waals surface area contributed by atoms with Crippen LogP contribution >= 0.6 is 0 Å². The first kappa shape index (κ1) is 14.0. The monoisotopic (exact) mass is 235 g/mol. The molecule has 0 radical (unpaired) electrons. The molecule has 3 heteroatoms. The molecule has 3 nitrogen and oxygen atoms in total. The topological polar surface area (TPSA) is 18.5 Å². The van der Waals surface area contributed by atoms with Crippen LogP contribution in [0.5, 0.6) is 0 Å². The fraction of sp³-hybridized carbons (Fsp3) is 0.571. The van der Waals surface area contributed by atoms with E-state index in [2.05, 4.69) is 67.4 Å². The average Bonchev–Trinajstić information content (AvgIpc) is 2.29. The van der Waals surface area contributed by atoms with E-state index in [1.807, 2.05) is 0 Å². The van der Waals surface area contributed by atoms with E-state index in [0.29, 0.717) is 0 Å². The van der Waals surface area contributed by atoms with Crippen molar-refractivity contribution in [1.29, 1.82) is 0 Å². The molecular formula is C14H25N3. The highest BCUT2D eigenvalue weighted by molar-refractivity contribution is 5.44. The zero-order valence-corrected chi connectivity index (χ0v) is 11.5. The van der Waals surface area contributed by atoms with Crippen LogP contribution in [-0.4, -0.2) is 57.1 Å². The summed E-state index contributed by atoms with van der Waals surface area (Å²) in [5, 5.41) is 3.44. The average molecular weight is 235 g/mol. The Morgan fingerprint density at radius 3 is 2.18 bits per heavy atom. The molecule has 0 amide bonds. The highest BCUT2D eigenvalue weighted by Gasteiger charge is 1.98. The van der Waals surface area contributed by atoms with E-state index in [1.54, 1.807) is 0 Å². The summed E-state index contributed by atoms with van der Waals surface area (Å²) in [5.41, 5.74) is 2.51. The maximum Gasteiger partial charge on any atom is 0.0340 e. The third-order valence-electron chi connectivity index (χ3n) is 2.80. The highest BCUT2D eigenvalue weighted by atomic mass is 15.2. The Hall–Kier alpha value is -1.06. The van der Waals surface area contributed by atoms with Gasteiger partial charge in [0.05, 0.1) is 0 Å². The second-order valence-electron chi connectivity index (χ2n) is 4.90. The summed E-state index contributed by atoms with van der Waals surface area (Å²) in [6, 6.07) is 8.54. The van der Waals surface area contributed by atoms with Crippen LogP contribution in [0.3, 0.4) is 0 Å². The minimum absolute atomic E-state index is 0.993. The van der Waals surface area contributed by atoms with Gasteiger partial charge in [-0.2, -0.15) is 0 Å². The molecule has 0 fully saturated rings. The zero-order chi connectivity index (χ0) is 12.7. The number of aryl methyl sites for hydroxylation is 1. The number of nitrogens with one attached hydrogen (secondary N) is 1. The molecule has 0 aromatic heterocycles. The van der Waals surface area contributed by atoms with E-state index in [1.165, 1.54) is 11.3 Å². The molecule has 0 aliphatic carbocycles. The van der Waals surface area contributed by atoms with Gasteiger partial charge in [0.25, 0.3) is 0 Å². The SMILES string of the molecule is Cc1ccc(NCCN(C)CCN(C)C)cc1. The summed E-state index contributed by atoms with van der Waals surface area (Å²) in [4.78, 5) is 4.56. The van der Waals surface area contributed by atoms with Gasteiger partial charge in [-0.3, -0.25) is 0 Å². The van der Waals surface area contributed by atoms with E-state index in [4.69, 9.17) is 0 Å². The molecule has 1 aromatic rings.